The number of anilines is 2. The van der Waals surface area contributed by atoms with E-state index in [9.17, 15) is 29.8 Å². The number of halogens is 5. The minimum Gasteiger partial charge on any atom is -0.423 e. The third kappa shape index (κ3) is 21.0. The lowest BCUT2D eigenvalue weighted by molar-refractivity contribution is -0.384. The predicted octanol–water partition coefficient (Wildman–Crippen LogP) is 27.7. The summed E-state index contributed by atoms with van der Waals surface area (Å²) in [6.07, 6.45) is 0. The Bertz CT molecular complexity index is 6920. The number of nitrogen functional groups attached to an aromatic ring is 1. The molecule has 18 aromatic carbocycles. The molecule has 0 unspecified atom stereocenters. The molecule has 0 spiro atoms. The molecule has 0 aliphatic carbocycles. The number of para-hydroxylation sites is 5. The van der Waals surface area contributed by atoms with Gasteiger partial charge >= 0.3 is 7.12 Å². The molecule has 5 N–H and O–H groups in total. The van der Waals surface area contributed by atoms with Gasteiger partial charge in [0.2, 0.25) is 0 Å². The zero-order valence-electron chi connectivity index (χ0n) is 63.8. The summed E-state index contributed by atoms with van der Waals surface area (Å²) < 4.78 is 3.97. The van der Waals surface area contributed by atoms with Crippen LogP contribution in [0.2, 0.25) is 0 Å². The molecule has 0 bridgehead atoms. The number of aromatic nitrogens is 1. The van der Waals surface area contributed by atoms with Gasteiger partial charge in [-0.15, -0.1) is 0 Å². The summed E-state index contributed by atoms with van der Waals surface area (Å²) in [6, 6.07) is 130. The van der Waals surface area contributed by atoms with Crippen LogP contribution >= 0.6 is 75.3 Å². The molecule has 0 saturated carbocycles. The van der Waals surface area contributed by atoms with Crippen LogP contribution in [0, 0.1) is 20.2 Å². The van der Waals surface area contributed by atoms with E-state index in [0.717, 1.165) is 79.1 Å². The monoisotopic (exact) mass is 1840 g/mol. The second-order valence-corrected chi connectivity index (χ2v) is 31.0. The molecule has 586 valence electrons. The van der Waals surface area contributed by atoms with E-state index in [4.69, 9.17) is 32.4 Å². The van der Waals surface area contributed by atoms with Crippen LogP contribution in [0.5, 0.6) is 0 Å². The minimum absolute atomic E-state index is 0.0949. The minimum atomic E-state index is -1.80. The van der Waals surface area contributed by atoms with Crippen molar-refractivity contribution in [3.05, 3.63) is 450 Å². The molecule has 0 radical (unpaired) electrons. The maximum absolute atomic E-state index is 12.7. The number of nitrogens with zero attached hydrogens (tertiary/aromatic N) is 3. The van der Waals surface area contributed by atoms with Gasteiger partial charge in [0.25, 0.3) is 22.5 Å². The van der Waals surface area contributed by atoms with Crippen molar-refractivity contribution >= 4 is 197 Å². The number of nitrogens with two attached hydrogens (primary N) is 1. The highest BCUT2D eigenvalue weighted by Gasteiger charge is 2.23. The van der Waals surface area contributed by atoms with Crippen molar-refractivity contribution in [2.75, 3.05) is 11.1 Å². The molecular formula is C101H71BBr4ClN5O8. The summed E-state index contributed by atoms with van der Waals surface area (Å²) in [5.74, 6) is -0.126. The quantitative estimate of drug-likeness (QED) is 0.0254. The van der Waals surface area contributed by atoms with E-state index >= 15 is 0 Å². The average Bonchev–Trinajstić information content (AvgIpc) is 0.741. The normalized spacial score (nSPS) is 10.5. The first-order valence-electron chi connectivity index (χ1n) is 37.7. The smallest absolute Gasteiger partial charge is 0.423 e. The summed E-state index contributed by atoms with van der Waals surface area (Å²) in [4.78, 5) is 48.7. The number of fused-ring (bicyclic) bond motifs is 9. The fraction of sp³-hybridized carbons (Fsp3) is 0. The average molecular weight is 1850 g/mol. The number of hydrogen-bond acceptors (Lipinski definition) is 10. The van der Waals surface area contributed by atoms with Crippen LogP contribution in [0.15, 0.2) is 418 Å². The molecule has 0 saturated heterocycles. The molecule has 13 nitrogen and oxygen atoms in total. The predicted molar refractivity (Wildman–Crippen MR) is 510 cm³/mol. The largest absolute Gasteiger partial charge is 0.495 e. The first-order valence-corrected chi connectivity index (χ1v) is 41.2. The number of amides is 1. The van der Waals surface area contributed by atoms with E-state index in [1.165, 1.54) is 95.1 Å². The molecule has 0 aliphatic heterocycles. The van der Waals surface area contributed by atoms with E-state index in [1.807, 2.05) is 152 Å². The van der Waals surface area contributed by atoms with Crippen molar-refractivity contribution in [3.63, 3.8) is 0 Å². The van der Waals surface area contributed by atoms with Crippen LogP contribution in [-0.4, -0.2) is 43.1 Å². The number of benzene rings is 18. The molecule has 1 heterocycles. The fourth-order valence-corrected chi connectivity index (χ4v) is 15.7. The zero-order valence-corrected chi connectivity index (χ0v) is 70.9. The number of nitrogens with one attached hydrogen (secondary N) is 1. The van der Waals surface area contributed by atoms with E-state index in [-0.39, 0.29) is 27.7 Å². The molecule has 19 aromatic rings. The second-order valence-electron chi connectivity index (χ2n) is 27.1. The van der Waals surface area contributed by atoms with Crippen molar-refractivity contribution in [2.45, 2.75) is 0 Å². The third-order valence-electron chi connectivity index (χ3n) is 19.5. The summed E-state index contributed by atoms with van der Waals surface area (Å²) in [5.41, 5.74) is 17.7. The Hall–Kier alpha value is -13.1. The first-order chi connectivity index (χ1) is 58.4. The van der Waals surface area contributed by atoms with Gasteiger partial charge in [0, 0.05) is 85.4 Å². The van der Waals surface area contributed by atoms with Crippen molar-refractivity contribution in [2.24, 2.45) is 0 Å². The van der Waals surface area contributed by atoms with Gasteiger partial charge < -0.3 is 21.1 Å². The van der Waals surface area contributed by atoms with E-state index < -0.39 is 17.3 Å². The van der Waals surface area contributed by atoms with Gasteiger partial charge in [0.1, 0.15) is 0 Å². The Morgan fingerprint density at radius 3 is 1.27 bits per heavy atom. The summed E-state index contributed by atoms with van der Waals surface area (Å²) >= 11 is 18.9. The Morgan fingerprint density at radius 2 is 0.750 bits per heavy atom. The number of pyridine rings is 1. The first kappa shape index (κ1) is 84.8. The maximum atomic E-state index is 12.7. The van der Waals surface area contributed by atoms with Crippen LogP contribution < -0.4 is 16.5 Å². The number of nitro benzene ring substituents is 2. The van der Waals surface area contributed by atoms with Crippen LogP contribution in [0.1, 0.15) is 20.7 Å². The summed E-state index contributed by atoms with van der Waals surface area (Å²) in [6.45, 7) is 0. The number of carbonyl (C=O) groups is 2. The standard InChI is InChI=1S/C23H16BrNO.C23H14BrN.C16H11NO2.C16H13N.C10H7Br.C7H4BrClO.C6H6BNO4/c24-18-10-5-9-17(15-18)23(26)25-22-14-4-3-12-21(22)20-13-6-8-16-7-1-2-11-19(16)20;24-17-8-5-7-16(14-17)23-20-13-12-15-6-1-2-9-18(15)22(20)19-10-3-4-11-21(19)25-23;18-17(19)16-11-4-3-9-15(16)14-10-5-7-12-6-1-2-8-13(12)14;17-16-11-4-3-9-15(16)14-10-5-7-12-6-1-2-8-13(12)14;11-10-7-3-5-8-4-1-2-6-9(8)10;8-6-3-1-2-5(4-6)7(9)10;9-7(10)5-3-1-2-4-6(5)8(11)12/h1-15H,(H,25,26);1-14H;1-11H;1-11H,17H2;1-7H;1-4H;1-4,9-10H. The molecular weight excluding hydrogens is 1780 g/mol. The second kappa shape index (κ2) is 40.8. The zero-order chi connectivity index (χ0) is 84.0. The molecule has 1 aromatic heterocycles. The molecule has 0 atom stereocenters. The van der Waals surface area contributed by atoms with Crippen LogP contribution in [0.3, 0.4) is 0 Å². The number of nitro groups is 2. The Balaban J connectivity index is 0.000000124. The van der Waals surface area contributed by atoms with Gasteiger partial charge in [-0.25, -0.2) is 4.98 Å². The van der Waals surface area contributed by atoms with Gasteiger partial charge in [-0.1, -0.05) is 379 Å². The maximum Gasteiger partial charge on any atom is 0.495 e. The lowest BCUT2D eigenvalue weighted by atomic mass is 9.79. The van der Waals surface area contributed by atoms with Crippen LogP contribution in [0.4, 0.5) is 22.7 Å². The lowest BCUT2D eigenvalue weighted by Gasteiger charge is -2.13. The molecule has 19 heteroatoms. The van der Waals surface area contributed by atoms with Crippen LogP contribution in [-0.2, 0) is 0 Å². The van der Waals surface area contributed by atoms with Crippen molar-refractivity contribution in [1.82, 2.24) is 4.98 Å². The molecule has 120 heavy (non-hydrogen) atoms. The van der Waals surface area contributed by atoms with Crippen molar-refractivity contribution in [1.29, 1.82) is 0 Å². The molecule has 19 rings (SSSR count). The van der Waals surface area contributed by atoms with Crippen LogP contribution in [0.25, 0.3) is 120 Å². The van der Waals surface area contributed by atoms with Gasteiger partial charge in [-0.05, 0) is 155 Å². The van der Waals surface area contributed by atoms with Gasteiger partial charge in [0.15, 0.2) is 0 Å². The topological polar surface area (TPSA) is 212 Å². The fourth-order valence-electron chi connectivity index (χ4n) is 13.9. The van der Waals surface area contributed by atoms with Gasteiger partial charge in [-0.3, -0.25) is 29.8 Å². The van der Waals surface area contributed by atoms with E-state index in [1.54, 1.807) is 36.4 Å². The van der Waals surface area contributed by atoms with Gasteiger partial charge in [0.05, 0.1) is 32.1 Å². The van der Waals surface area contributed by atoms with Gasteiger partial charge in [-0.2, -0.15) is 0 Å². The highest BCUT2D eigenvalue weighted by molar-refractivity contribution is 9.11. The number of carbonyl (C=O) groups excluding carboxylic acids is 2. The highest BCUT2D eigenvalue weighted by atomic mass is 79.9. The Kier molecular flexibility index (Phi) is 28.8. The molecule has 0 fully saturated rings. The lowest BCUT2D eigenvalue weighted by Crippen LogP contribution is -2.31. The number of hydrogen-bond donors (Lipinski definition) is 4. The Morgan fingerprint density at radius 1 is 0.358 bits per heavy atom. The van der Waals surface area contributed by atoms with E-state index in [2.05, 4.69) is 251 Å². The SMILES string of the molecule is Brc1cccc(-c2nc3ccccc3c3c2ccc2ccccc23)c1.Brc1cccc2ccccc12.Nc1ccccc1-c1cccc2ccccc12.O=C(Cl)c1cccc(Br)c1.O=C(Nc1ccccc1-c1cccc2ccccc12)c1cccc(Br)c1.O=[N+]([O-])c1ccccc1-c1cccc2ccccc12.O=[N+]([O-])c1ccccc1B(O)O. The summed E-state index contributed by atoms with van der Waals surface area (Å²) in [7, 11) is -1.80. The highest BCUT2D eigenvalue weighted by Crippen LogP contribution is 2.40. The van der Waals surface area contributed by atoms with E-state index in [0.29, 0.717) is 16.7 Å². The number of rotatable bonds is 10. The molecule has 0 aliphatic rings. The molecule has 1 amide bonds. The summed E-state index contributed by atoms with van der Waals surface area (Å²) in [5, 5.41) is 57.2. The Labute approximate surface area is 731 Å². The third-order valence-corrected chi connectivity index (χ3v) is 21.8. The van der Waals surface area contributed by atoms with Crippen molar-refractivity contribution < 1.29 is 29.5 Å². The van der Waals surface area contributed by atoms with Crippen molar-refractivity contribution in [3.8, 4) is 44.6 Å².